The molecule has 0 spiro atoms. The SMILES string of the molecule is O=C(O)C1CCN(S(=O)(=O)N2CCCOCC2)C1. The zero-order valence-corrected chi connectivity index (χ0v) is 10.9. The van der Waals surface area contributed by atoms with Gasteiger partial charge in [0.15, 0.2) is 0 Å². The Kier molecular flexibility index (Phi) is 4.21. The fourth-order valence-corrected chi connectivity index (χ4v) is 3.95. The van der Waals surface area contributed by atoms with Crippen molar-refractivity contribution in [2.24, 2.45) is 5.92 Å². The Morgan fingerprint density at radius 3 is 2.61 bits per heavy atom. The van der Waals surface area contributed by atoms with Crippen molar-refractivity contribution in [3.05, 3.63) is 0 Å². The molecule has 18 heavy (non-hydrogen) atoms. The first-order valence-corrected chi connectivity index (χ1v) is 7.47. The van der Waals surface area contributed by atoms with E-state index >= 15 is 0 Å². The molecule has 2 aliphatic heterocycles. The average molecular weight is 278 g/mol. The van der Waals surface area contributed by atoms with Crippen LogP contribution in [0.15, 0.2) is 0 Å². The molecule has 2 saturated heterocycles. The third-order valence-electron chi connectivity index (χ3n) is 3.33. The summed E-state index contributed by atoms with van der Waals surface area (Å²) < 4.78 is 32.5. The van der Waals surface area contributed by atoms with Gasteiger partial charge in [-0.25, -0.2) is 0 Å². The van der Waals surface area contributed by atoms with Gasteiger partial charge < -0.3 is 9.84 Å². The highest BCUT2D eigenvalue weighted by molar-refractivity contribution is 7.86. The zero-order chi connectivity index (χ0) is 13.2. The van der Waals surface area contributed by atoms with E-state index in [2.05, 4.69) is 0 Å². The number of rotatable bonds is 3. The minimum atomic E-state index is -3.53. The molecule has 2 aliphatic rings. The molecule has 2 fully saturated rings. The van der Waals surface area contributed by atoms with Crippen LogP contribution < -0.4 is 0 Å². The number of carboxylic acids is 1. The van der Waals surface area contributed by atoms with Crippen molar-refractivity contribution in [2.45, 2.75) is 12.8 Å². The highest BCUT2D eigenvalue weighted by atomic mass is 32.2. The van der Waals surface area contributed by atoms with Crippen LogP contribution in [0.25, 0.3) is 0 Å². The Labute approximate surface area is 106 Å². The van der Waals surface area contributed by atoms with E-state index in [-0.39, 0.29) is 13.1 Å². The molecule has 1 unspecified atom stereocenters. The lowest BCUT2D eigenvalue weighted by Crippen LogP contribution is -2.44. The van der Waals surface area contributed by atoms with Gasteiger partial charge in [0.2, 0.25) is 0 Å². The first-order valence-electron chi connectivity index (χ1n) is 6.07. The summed E-state index contributed by atoms with van der Waals surface area (Å²) >= 11 is 0. The number of ether oxygens (including phenoxy) is 1. The summed E-state index contributed by atoms with van der Waals surface area (Å²) in [5.41, 5.74) is 0. The maximum absolute atomic E-state index is 12.3. The molecule has 0 bridgehead atoms. The average Bonchev–Trinajstić information content (AvgIpc) is 2.66. The maximum atomic E-state index is 12.3. The van der Waals surface area contributed by atoms with Gasteiger partial charge >= 0.3 is 5.97 Å². The second kappa shape index (κ2) is 5.52. The largest absolute Gasteiger partial charge is 0.481 e. The third-order valence-corrected chi connectivity index (χ3v) is 5.34. The molecule has 8 heteroatoms. The molecule has 0 amide bonds. The third kappa shape index (κ3) is 2.82. The van der Waals surface area contributed by atoms with Crippen LogP contribution in [-0.2, 0) is 19.7 Å². The summed E-state index contributed by atoms with van der Waals surface area (Å²) in [4.78, 5) is 10.9. The van der Waals surface area contributed by atoms with Gasteiger partial charge in [0.05, 0.1) is 12.5 Å². The monoisotopic (exact) mass is 278 g/mol. The molecule has 1 N–H and O–H groups in total. The summed E-state index contributed by atoms with van der Waals surface area (Å²) in [7, 11) is -3.53. The number of carbonyl (C=O) groups is 1. The predicted octanol–water partition coefficient (Wildman–Crippen LogP) is -0.640. The summed E-state index contributed by atoms with van der Waals surface area (Å²) in [6.45, 7) is 2.12. The van der Waals surface area contributed by atoms with Crippen LogP contribution in [0.5, 0.6) is 0 Å². The summed E-state index contributed by atoms with van der Waals surface area (Å²) in [5, 5.41) is 8.90. The molecule has 2 rings (SSSR count). The minimum Gasteiger partial charge on any atom is -0.481 e. The van der Waals surface area contributed by atoms with Crippen LogP contribution in [0, 0.1) is 5.92 Å². The van der Waals surface area contributed by atoms with Gasteiger partial charge in [0.25, 0.3) is 10.2 Å². The summed E-state index contributed by atoms with van der Waals surface area (Å²) in [6.07, 6.45) is 1.06. The number of aliphatic carboxylic acids is 1. The molecule has 1 atom stereocenters. The van der Waals surface area contributed by atoms with Gasteiger partial charge in [0.1, 0.15) is 0 Å². The van der Waals surface area contributed by atoms with Gasteiger partial charge in [-0.2, -0.15) is 17.0 Å². The Hall–Kier alpha value is -0.700. The van der Waals surface area contributed by atoms with E-state index in [9.17, 15) is 13.2 Å². The van der Waals surface area contributed by atoms with Gasteiger partial charge in [-0.3, -0.25) is 4.79 Å². The van der Waals surface area contributed by atoms with E-state index in [0.29, 0.717) is 39.1 Å². The molecule has 104 valence electrons. The minimum absolute atomic E-state index is 0.0784. The van der Waals surface area contributed by atoms with Crippen LogP contribution in [0.2, 0.25) is 0 Å². The van der Waals surface area contributed by atoms with E-state index in [1.165, 1.54) is 8.61 Å². The number of hydrogen-bond donors (Lipinski definition) is 1. The topological polar surface area (TPSA) is 87.2 Å². The second-order valence-electron chi connectivity index (χ2n) is 4.55. The molecule has 7 nitrogen and oxygen atoms in total. The van der Waals surface area contributed by atoms with Crippen LogP contribution in [-0.4, -0.2) is 67.5 Å². The summed E-state index contributed by atoms with van der Waals surface area (Å²) in [6, 6.07) is 0. The van der Waals surface area contributed by atoms with Crippen LogP contribution in [0.4, 0.5) is 0 Å². The normalized spacial score (nSPS) is 28.1. The molecule has 0 radical (unpaired) electrons. The molecule has 2 heterocycles. The Morgan fingerprint density at radius 2 is 1.94 bits per heavy atom. The van der Waals surface area contributed by atoms with Crippen molar-refractivity contribution in [2.75, 3.05) is 39.4 Å². The van der Waals surface area contributed by atoms with E-state index < -0.39 is 22.1 Å². The smallest absolute Gasteiger partial charge is 0.307 e. The number of hydrogen-bond acceptors (Lipinski definition) is 4. The molecule has 0 aromatic carbocycles. The lowest BCUT2D eigenvalue weighted by molar-refractivity contribution is -0.141. The van der Waals surface area contributed by atoms with Crippen LogP contribution >= 0.6 is 0 Å². The van der Waals surface area contributed by atoms with E-state index in [1.807, 2.05) is 0 Å². The fourth-order valence-electron chi connectivity index (χ4n) is 2.26. The number of carboxylic acid groups (broad SMARTS) is 1. The first-order chi connectivity index (χ1) is 8.51. The molecular weight excluding hydrogens is 260 g/mol. The standard InChI is InChI=1S/C10H18N2O5S/c13-10(14)9-2-4-12(8-9)18(15,16)11-3-1-6-17-7-5-11/h9H,1-8H2,(H,13,14). The molecule has 0 aromatic rings. The van der Waals surface area contributed by atoms with Gasteiger partial charge in [0, 0.05) is 32.8 Å². The van der Waals surface area contributed by atoms with Crippen molar-refractivity contribution in [3.8, 4) is 0 Å². The highest BCUT2D eigenvalue weighted by Gasteiger charge is 2.38. The molecule has 0 aromatic heterocycles. The van der Waals surface area contributed by atoms with Crippen LogP contribution in [0.3, 0.4) is 0 Å². The number of nitrogens with zero attached hydrogens (tertiary/aromatic N) is 2. The zero-order valence-electron chi connectivity index (χ0n) is 10.1. The van der Waals surface area contributed by atoms with Crippen molar-refractivity contribution in [1.82, 2.24) is 8.61 Å². The lowest BCUT2D eigenvalue weighted by atomic mass is 10.1. The van der Waals surface area contributed by atoms with Crippen molar-refractivity contribution in [3.63, 3.8) is 0 Å². The van der Waals surface area contributed by atoms with Crippen LogP contribution in [0.1, 0.15) is 12.8 Å². The Bertz CT molecular complexity index is 402. The quantitative estimate of drug-likeness (QED) is 0.742. The molecular formula is C10H18N2O5S. The highest BCUT2D eigenvalue weighted by Crippen LogP contribution is 2.22. The first kappa shape index (κ1) is 13.7. The van der Waals surface area contributed by atoms with E-state index in [1.54, 1.807) is 0 Å². The summed E-state index contributed by atoms with van der Waals surface area (Å²) in [5.74, 6) is -1.50. The fraction of sp³-hybridized carbons (Fsp3) is 0.900. The van der Waals surface area contributed by atoms with E-state index in [4.69, 9.17) is 9.84 Å². The van der Waals surface area contributed by atoms with Gasteiger partial charge in [-0.1, -0.05) is 0 Å². The van der Waals surface area contributed by atoms with Gasteiger partial charge in [-0.15, -0.1) is 0 Å². The van der Waals surface area contributed by atoms with Gasteiger partial charge in [-0.05, 0) is 12.8 Å². The Morgan fingerprint density at radius 1 is 1.17 bits per heavy atom. The van der Waals surface area contributed by atoms with E-state index in [0.717, 1.165) is 0 Å². The van der Waals surface area contributed by atoms with Crippen molar-refractivity contribution < 1.29 is 23.1 Å². The second-order valence-corrected chi connectivity index (χ2v) is 6.48. The van der Waals surface area contributed by atoms with Crippen molar-refractivity contribution >= 4 is 16.2 Å². The Balaban J connectivity index is 2.04. The van der Waals surface area contributed by atoms with Crippen molar-refractivity contribution in [1.29, 1.82) is 0 Å². The lowest BCUT2D eigenvalue weighted by Gasteiger charge is -2.25. The maximum Gasteiger partial charge on any atom is 0.307 e. The predicted molar refractivity (Wildman–Crippen MR) is 63.2 cm³/mol. The molecule has 0 aliphatic carbocycles. The molecule has 0 saturated carbocycles.